The Morgan fingerprint density at radius 3 is 2.34 bits per heavy atom. The van der Waals surface area contributed by atoms with Crippen LogP contribution in [-0.2, 0) is 6.54 Å². The van der Waals surface area contributed by atoms with E-state index in [1.54, 1.807) is 10.6 Å². The number of aromatic nitrogens is 1. The zero-order valence-corrected chi connectivity index (χ0v) is 17.7. The lowest BCUT2D eigenvalue weighted by Crippen LogP contribution is -2.24. The van der Waals surface area contributed by atoms with Gasteiger partial charge in [-0.05, 0) is 18.9 Å². The second-order valence-corrected chi connectivity index (χ2v) is 7.25. The van der Waals surface area contributed by atoms with Crippen molar-refractivity contribution in [1.82, 2.24) is 4.57 Å². The molecule has 0 aliphatic carbocycles. The minimum atomic E-state index is -0.455. The molecule has 160 valence electrons. The van der Waals surface area contributed by atoms with E-state index in [4.69, 9.17) is 9.47 Å². The maximum Gasteiger partial charge on any atom is 0.297 e. The predicted octanol–water partition coefficient (Wildman–Crippen LogP) is 5.46. The first-order valence-electron chi connectivity index (χ1n) is 10.6. The molecule has 1 aromatic heterocycles. The van der Waals surface area contributed by atoms with Gasteiger partial charge in [0, 0.05) is 24.1 Å². The summed E-state index contributed by atoms with van der Waals surface area (Å²) in [6.07, 6.45) is 8.47. The predicted molar refractivity (Wildman–Crippen MR) is 115 cm³/mol. The first-order valence-corrected chi connectivity index (χ1v) is 10.6. The second kappa shape index (κ2) is 11.4. The van der Waals surface area contributed by atoms with Crippen LogP contribution in [0.2, 0.25) is 0 Å². The highest BCUT2D eigenvalue weighted by Gasteiger charge is 2.21. The molecule has 0 N–H and O–H groups in total. The summed E-state index contributed by atoms with van der Waals surface area (Å²) in [6, 6.07) is 4.50. The van der Waals surface area contributed by atoms with Gasteiger partial charge < -0.3 is 14.0 Å². The normalized spacial score (nSPS) is 11.0. The molecule has 1 aromatic carbocycles. The van der Waals surface area contributed by atoms with E-state index in [0.717, 1.165) is 32.1 Å². The largest absolute Gasteiger partial charge is 0.492 e. The lowest BCUT2D eigenvalue weighted by atomic mass is 10.1. The number of pyridine rings is 1. The average molecular weight is 405 g/mol. The zero-order valence-electron chi connectivity index (χ0n) is 17.7. The number of hydrogen-bond donors (Lipinski definition) is 0. The van der Waals surface area contributed by atoms with Gasteiger partial charge in [0.05, 0.1) is 24.2 Å². The Kier molecular flexibility index (Phi) is 8.96. The minimum absolute atomic E-state index is 0.0510. The number of methoxy groups -OCH3 is 1. The van der Waals surface area contributed by atoms with Crippen molar-refractivity contribution in [3.8, 4) is 11.5 Å². The van der Waals surface area contributed by atoms with Gasteiger partial charge in [0.15, 0.2) is 5.75 Å². The van der Waals surface area contributed by atoms with Gasteiger partial charge in [0.2, 0.25) is 5.75 Å². The molecule has 7 heteroatoms. The topological polar surface area (TPSA) is 83.6 Å². The summed E-state index contributed by atoms with van der Waals surface area (Å²) in [5, 5.41) is 11.9. The van der Waals surface area contributed by atoms with Crippen LogP contribution in [0.5, 0.6) is 11.5 Å². The van der Waals surface area contributed by atoms with Crippen LogP contribution in [0.1, 0.15) is 65.2 Å². The average Bonchev–Trinajstić information content (AvgIpc) is 2.72. The highest BCUT2D eigenvalue weighted by molar-refractivity contribution is 5.89. The summed E-state index contributed by atoms with van der Waals surface area (Å²) in [7, 11) is 1.49. The molecule has 1 heterocycles. The van der Waals surface area contributed by atoms with Crippen molar-refractivity contribution in [2.75, 3.05) is 13.7 Å². The molecule has 0 fully saturated rings. The summed E-state index contributed by atoms with van der Waals surface area (Å²) in [6.45, 7) is 5.15. The molecule has 0 saturated heterocycles. The quantitative estimate of drug-likeness (QED) is 0.251. The smallest absolute Gasteiger partial charge is 0.297 e. The molecule has 0 amide bonds. The van der Waals surface area contributed by atoms with Crippen molar-refractivity contribution in [2.24, 2.45) is 0 Å². The van der Waals surface area contributed by atoms with Gasteiger partial charge in [-0.25, -0.2) is 0 Å². The third kappa shape index (κ3) is 5.71. The number of non-ortho nitro benzene ring substituents is 1. The van der Waals surface area contributed by atoms with Crippen molar-refractivity contribution in [3.05, 3.63) is 38.7 Å². The van der Waals surface area contributed by atoms with Crippen LogP contribution in [-0.4, -0.2) is 23.2 Å². The summed E-state index contributed by atoms with van der Waals surface area (Å²) < 4.78 is 13.0. The number of ether oxygens (including phenoxy) is 2. The van der Waals surface area contributed by atoms with Crippen molar-refractivity contribution in [1.29, 1.82) is 0 Å². The van der Waals surface area contributed by atoms with Crippen LogP contribution in [0.15, 0.2) is 23.0 Å². The third-order valence-electron chi connectivity index (χ3n) is 5.06. The second-order valence-electron chi connectivity index (χ2n) is 7.25. The van der Waals surface area contributed by atoms with Crippen molar-refractivity contribution < 1.29 is 14.4 Å². The van der Waals surface area contributed by atoms with Crippen LogP contribution < -0.4 is 15.0 Å². The van der Waals surface area contributed by atoms with E-state index in [-0.39, 0.29) is 17.0 Å². The van der Waals surface area contributed by atoms with Crippen LogP contribution in [0.4, 0.5) is 5.69 Å². The Morgan fingerprint density at radius 1 is 1.00 bits per heavy atom. The molecular formula is C22H32N2O5. The Balaban J connectivity index is 2.36. The van der Waals surface area contributed by atoms with E-state index in [0.29, 0.717) is 29.8 Å². The SMILES string of the molecule is CCCCCCCCOc1c(OC)c2ccc([N+](=O)[O-])cc2n(CCCC)c1=O. The summed E-state index contributed by atoms with van der Waals surface area (Å²) >= 11 is 0. The van der Waals surface area contributed by atoms with Crippen LogP contribution >= 0.6 is 0 Å². The highest BCUT2D eigenvalue weighted by atomic mass is 16.6. The molecule has 0 spiro atoms. The molecule has 0 unspecified atom stereocenters. The van der Waals surface area contributed by atoms with Crippen LogP contribution in [0.3, 0.4) is 0 Å². The molecule has 0 aliphatic heterocycles. The number of hydrogen-bond acceptors (Lipinski definition) is 5. The number of nitro groups is 1. The van der Waals surface area contributed by atoms with Crippen molar-refractivity contribution in [2.45, 2.75) is 71.8 Å². The lowest BCUT2D eigenvalue weighted by molar-refractivity contribution is -0.384. The van der Waals surface area contributed by atoms with Crippen molar-refractivity contribution in [3.63, 3.8) is 0 Å². The van der Waals surface area contributed by atoms with Crippen molar-refractivity contribution >= 4 is 16.6 Å². The zero-order chi connectivity index (χ0) is 21.2. The van der Waals surface area contributed by atoms with Gasteiger partial charge in [-0.2, -0.15) is 0 Å². The molecule has 0 saturated carbocycles. The molecule has 2 rings (SSSR count). The van der Waals surface area contributed by atoms with Gasteiger partial charge >= 0.3 is 0 Å². The number of nitro benzene ring substituents is 1. The van der Waals surface area contributed by atoms with E-state index in [1.807, 2.05) is 6.92 Å². The molecule has 0 aliphatic rings. The molecule has 2 aromatic rings. The minimum Gasteiger partial charge on any atom is -0.492 e. The van der Waals surface area contributed by atoms with Crippen LogP contribution in [0, 0.1) is 10.1 Å². The third-order valence-corrected chi connectivity index (χ3v) is 5.06. The standard InChI is InChI=1S/C22H32N2O5/c1-4-6-8-9-10-11-15-29-21-20(28-3)18-13-12-17(24(26)27)16-19(18)23(22(21)25)14-7-5-2/h12-13,16H,4-11,14-15H2,1-3H3. The van der Waals surface area contributed by atoms with Crippen LogP contribution in [0.25, 0.3) is 10.9 Å². The fourth-order valence-corrected chi connectivity index (χ4v) is 3.43. The molecule has 0 radical (unpaired) electrons. The summed E-state index contributed by atoms with van der Waals surface area (Å²) in [4.78, 5) is 23.9. The maximum absolute atomic E-state index is 13.1. The Hall–Kier alpha value is -2.57. The molecule has 29 heavy (non-hydrogen) atoms. The van der Waals surface area contributed by atoms with Gasteiger partial charge in [0.25, 0.3) is 11.2 Å². The number of unbranched alkanes of at least 4 members (excludes halogenated alkanes) is 6. The summed E-state index contributed by atoms with van der Waals surface area (Å²) in [5.74, 6) is 0.539. The first kappa shape index (κ1) is 22.7. The van der Waals surface area contributed by atoms with Gasteiger partial charge in [-0.15, -0.1) is 0 Å². The van der Waals surface area contributed by atoms with Gasteiger partial charge in [-0.3, -0.25) is 14.9 Å². The summed E-state index contributed by atoms with van der Waals surface area (Å²) in [5.41, 5.74) is 0.153. The number of nitrogens with zero attached hydrogens (tertiary/aromatic N) is 2. The Bertz CT molecular complexity index is 876. The lowest BCUT2D eigenvalue weighted by Gasteiger charge is -2.17. The monoisotopic (exact) mass is 404 g/mol. The van der Waals surface area contributed by atoms with E-state index in [9.17, 15) is 14.9 Å². The van der Waals surface area contributed by atoms with Gasteiger partial charge in [-0.1, -0.05) is 52.4 Å². The van der Waals surface area contributed by atoms with E-state index >= 15 is 0 Å². The Labute approximate surface area is 171 Å². The number of benzene rings is 1. The maximum atomic E-state index is 13.1. The molecule has 7 nitrogen and oxygen atoms in total. The number of aryl methyl sites for hydroxylation is 1. The highest BCUT2D eigenvalue weighted by Crippen LogP contribution is 2.34. The fraction of sp³-hybridized carbons (Fsp3) is 0.591. The first-order chi connectivity index (χ1) is 14.0. The molecule has 0 atom stereocenters. The number of rotatable bonds is 13. The molecular weight excluding hydrogens is 372 g/mol. The number of fused-ring (bicyclic) bond motifs is 1. The molecule has 0 bridgehead atoms. The van der Waals surface area contributed by atoms with E-state index in [1.165, 1.54) is 38.5 Å². The van der Waals surface area contributed by atoms with E-state index in [2.05, 4.69) is 6.92 Å². The fourth-order valence-electron chi connectivity index (χ4n) is 3.43. The van der Waals surface area contributed by atoms with Gasteiger partial charge in [0.1, 0.15) is 0 Å². The van der Waals surface area contributed by atoms with E-state index < -0.39 is 4.92 Å². The Morgan fingerprint density at radius 2 is 1.69 bits per heavy atom.